The van der Waals surface area contributed by atoms with E-state index in [0.717, 1.165) is 18.2 Å². The molecule has 1 saturated heterocycles. The number of hydrogen-bond acceptors (Lipinski definition) is 3. The summed E-state index contributed by atoms with van der Waals surface area (Å²) in [6.45, 7) is 3.89. The SMILES string of the molecule is C[C@@H]1CO[C@@](O)(c2cc(F)cc(F)c2)[C@H](C)N1. The van der Waals surface area contributed by atoms with E-state index in [2.05, 4.69) is 5.32 Å². The van der Waals surface area contributed by atoms with E-state index in [9.17, 15) is 13.9 Å². The molecule has 0 aliphatic carbocycles. The van der Waals surface area contributed by atoms with Crippen LogP contribution in [0.3, 0.4) is 0 Å². The van der Waals surface area contributed by atoms with E-state index in [-0.39, 0.29) is 18.2 Å². The van der Waals surface area contributed by atoms with Crippen LogP contribution in [0, 0.1) is 11.6 Å². The molecule has 0 saturated carbocycles. The summed E-state index contributed by atoms with van der Waals surface area (Å²) in [5, 5.41) is 13.4. The lowest BCUT2D eigenvalue weighted by Gasteiger charge is -2.41. The average Bonchev–Trinajstić information content (AvgIpc) is 2.22. The summed E-state index contributed by atoms with van der Waals surface area (Å²) >= 11 is 0. The van der Waals surface area contributed by atoms with Gasteiger partial charge in [-0.1, -0.05) is 0 Å². The molecule has 5 heteroatoms. The lowest BCUT2D eigenvalue weighted by atomic mass is 9.96. The molecule has 0 unspecified atom stereocenters. The summed E-state index contributed by atoms with van der Waals surface area (Å²) in [7, 11) is 0. The lowest BCUT2D eigenvalue weighted by molar-refractivity contribution is -0.253. The van der Waals surface area contributed by atoms with Crippen molar-refractivity contribution in [2.75, 3.05) is 6.61 Å². The molecular formula is C12H15F2NO2. The molecule has 1 aromatic rings. The topological polar surface area (TPSA) is 41.5 Å². The van der Waals surface area contributed by atoms with Gasteiger partial charge in [-0.15, -0.1) is 0 Å². The zero-order valence-corrected chi connectivity index (χ0v) is 9.71. The summed E-state index contributed by atoms with van der Waals surface area (Å²) in [6, 6.07) is 2.56. The third-order valence-electron chi connectivity index (χ3n) is 2.95. The van der Waals surface area contributed by atoms with Gasteiger partial charge >= 0.3 is 0 Å². The molecule has 3 nitrogen and oxygen atoms in total. The maximum Gasteiger partial charge on any atom is 0.208 e. The number of nitrogens with one attached hydrogen (secondary N) is 1. The van der Waals surface area contributed by atoms with E-state index in [0.29, 0.717) is 0 Å². The van der Waals surface area contributed by atoms with Gasteiger partial charge in [-0.25, -0.2) is 8.78 Å². The second-order valence-electron chi connectivity index (χ2n) is 4.45. The number of rotatable bonds is 1. The van der Waals surface area contributed by atoms with E-state index in [1.54, 1.807) is 6.92 Å². The molecular weight excluding hydrogens is 228 g/mol. The van der Waals surface area contributed by atoms with Crippen LogP contribution in [0.15, 0.2) is 18.2 Å². The van der Waals surface area contributed by atoms with Gasteiger partial charge in [-0.3, -0.25) is 0 Å². The van der Waals surface area contributed by atoms with Gasteiger partial charge < -0.3 is 15.2 Å². The summed E-state index contributed by atoms with van der Waals surface area (Å²) < 4.78 is 31.6. The fourth-order valence-corrected chi connectivity index (χ4v) is 2.06. The smallest absolute Gasteiger partial charge is 0.208 e. The van der Waals surface area contributed by atoms with Crippen molar-refractivity contribution < 1.29 is 18.6 Å². The Morgan fingerprint density at radius 3 is 2.41 bits per heavy atom. The minimum Gasteiger partial charge on any atom is -0.361 e. The van der Waals surface area contributed by atoms with Gasteiger partial charge in [0.15, 0.2) is 0 Å². The summed E-state index contributed by atoms with van der Waals surface area (Å²) in [5.41, 5.74) is 0.0851. The number of hydrogen-bond donors (Lipinski definition) is 2. The largest absolute Gasteiger partial charge is 0.361 e. The van der Waals surface area contributed by atoms with Gasteiger partial charge in [0.05, 0.1) is 12.6 Å². The van der Waals surface area contributed by atoms with Crippen molar-refractivity contribution in [3.05, 3.63) is 35.4 Å². The van der Waals surface area contributed by atoms with E-state index in [1.807, 2.05) is 6.92 Å². The molecule has 1 aliphatic rings. The molecule has 1 aliphatic heterocycles. The second-order valence-corrected chi connectivity index (χ2v) is 4.45. The van der Waals surface area contributed by atoms with Crippen molar-refractivity contribution >= 4 is 0 Å². The molecule has 1 heterocycles. The molecule has 3 atom stereocenters. The first-order valence-corrected chi connectivity index (χ1v) is 5.51. The van der Waals surface area contributed by atoms with Crippen molar-refractivity contribution in [1.29, 1.82) is 0 Å². The van der Waals surface area contributed by atoms with Crippen LogP contribution in [-0.2, 0) is 10.5 Å². The van der Waals surface area contributed by atoms with Crippen LogP contribution in [-0.4, -0.2) is 23.8 Å². The van der Waals surface area contributed by atoms with Crippen LogP contribution in [0.2, 0.25) is 0 Å². The molecule has 0 aromatic heterocycles. The van der Waals surface area contributed by atoms with Gasteiger partial charge in [0.2, 0.25) is 5.79 Å². The van der Waals surface area contributed by atoms with E-state index >= 15 is 0 Å². The standard InChI is InChI=1S/C12H15F2NO2/c1-7-6-17-12(16,8(2)15-7)9-3-10(13)5-11(14)4-9/h3-5,7-8,15-16H,6H2,1-2H3/t7-,8+,12-/m1/s1. The molecule has 0 amide bonds. The van der Waals surface area contributed by atoms with Crippen molar-refractivity contribution in [3.8, 4) is 0 Å². The summed E-state index contributed by atoms with van der Waals surface area (Å²) in [5.74, 6) is -3.17. The first-order chi connectivity index (χ1) is 7.91. The van der Waals surface area contributed by atoms with Gasteiger partial charge in [0, 0.05) is 17.7 Å². The Bertz CT molecular complexity index is 407. The summed E-state index contributed by atoms with van der Waals surface area (Å²) in [6.07, 6.45) is 0. The molecule has 2 N–H and O–H groups in total. The van der Waals surface area contributed by atoms with Crippen molar-refractivity contribution in [2.45, 2.75) is 31.7 Å². The zero-order valence-electron chi connectivity index (χ0n) is 9.71. The minimum absolute atomic E-state index is 0.0851. The number of ether oxygens (including phenoxy) is 1. The third kappa shape index (κ3) is 2.31. The summed E-state index contributed by atoms with van der Waals surface area (Å²) in [4.78, 5) is 0. The molecule has 0 radical (unpaired) electrons. The van der Waals surface area contributed by atoms with Crippen molar-refractivity contribution in [1.82, 2.24) is 5.32 Å². The zero-order chi connectivity index (χ0) is 12.6. The van der Waals surface area contributed by atoms with Crippen LogP contribution >= 0.6 is 0 Å². The first-order valence-electron chi connectivity index (χ1n) is 5.51. The Balaban J connectivity index is 2.37. The molecule has 2 rings (SSSR count). The first kappa shape index (κ1) is 12.4. The predicted octanol–water partition coefficient (Wildman–Crippen LogP) is 1.51. The lowest BCUT2D eigenvalue weighted by Crippen LogP contribution is -2.58. The van der Waals surface area contributed by atoms with Crippen LogP contribution in [0.25, 0.3) is 0 Å². The van der Waals surface area contributed by atoms with Crippen LogP contribution < -0.4 is 5.32 Å². The highest BCUT2D eigenvalue weighted by molar-refractivity contribution is 5.24. The number of aliphatic hydroxyl groups is 1. The fourth-order valence-electron chi connectivity index (χ4n) is 2.06. The molecule has 1 aromatic carbocycles. The van der Waals surface area contributed by atoms with Crippen LogP contribution in [0.1, 0.15) is 19.4 Å². The molecule has 94 valence electrons. The Labute approximate surface area is 98.4 Å². The van der Waals surface area contributed by atoms with Crippen LogP contribution in [0.4, 0.5) is 8.78 Å². The number of halogens is 2. The minimum atomic E-state index is -1.70. The molecule has 0 bridgehead atoms. The van der Waals surface area contributed by atoms with E-state index in [1.165, 1.54) is 0 Å². The maximum atomic E-state index is 13.1. The Morgan fingerprint density at radius 2 is 1.88 bits per heavy atom. The van der Waals surface area contributed by atoms with Gasteiger partial charge in [0.1, 0.15) is 11.6 Å². The van der Waals surface area contributed by atoms with Gasteiger partial charge in [-0.2, -0.15) is 0 Å². The number of benzene rings is 1. The quantitative estimate of drug-likeness (QED) is 0.785. The fraction of sp³-hybridized carbons (Fsp3) is 0.500. The Morgan fingerprint density at radius 1 is 1.29 bits per heavy atom. The van der Waals surface area contributed by atoms with E-state index in [4.69, 9.17) is 4.74 Å². The highest BCUT2D eigenvalue weighted by atomic mass is 19.1. The normalized spacial score (nSPS) is 33.7. The highest BCUT2D eigenvalue weighted by Gasteiger charge is 2.41. The van der Waals surface area contributed by atoms with E-state index < -0.39 is 23.5 Å². The Kier molecular flexibility index (Phi) is 3.16. The number of morpholine rings is 1. The molecule has 0 spiro atoms. The van der Waals surface area contributed by atoms with Crippen LogP contribution in [0.5, 0.6) is 0 Å². The van der Waals surface area contributed by atoms with Gasteiger partial charge in [-0.05, 0) is 26.0 Å². The predicted molar refractivity (Wildman–Crippen MR) is 58.3 cm³/mol. The average molecular weight is 243 g/mol. The maximum absolute atomic E-state index is 13.1. The Hall–Kier alpha value is -1.04. The monoisotopic (exact) mass is 243 g/mol. The molecule has 17 heavy (non-hydrogen) atoms. The van der Waals surface area contributed by atoms with Gasteiger partial charge in [0.25, 0.3) is 0 Å². The van der Waals surface area contributed by atoms with Crippen molar-refractivity contribution in [2.24, 2.45) is 0 Å². The molecule has 1 fully saturated rings. The third-order valence-corrected chi connectivity index (χ3v) is 2.95. The second kappa shape index (κ2) is 4.33. The van der Waals surface area contributed by atoms with Crippen molar-refractivity contribution in [3.63, 3.8) is 0 Å². The highest BCUT2D eigenvalue weighted by Crippen LogP contribution is 2.30.